The lowest BCUT2D eigenvalue weighted by molar-refractivity contribution is 0.0950. The molecule has 156 valence electrons. The van der Waals surface area contributed by atoms with Crippen molar-refractivity contribution in [2.45, 2.75) is 19.2 Å². The van der Waals surface area contributed by atoms with Crippen molar-refractivity contribution in [1.29, 1.82) is 0 Å². The highest BCUT2D eigenvalue weighted by Gasteiger charge is 2.13. The molecule has 0 aliphatic heterocycles. The third-order valence-corrected chi connectivity index (χ3v) is 5.47. The van der Waals surface area contributed by atoms with E-state index in [2.05, 4.69) is 5.32 Å². The van der Waals surface area contributed by atoms with Crippen LogP contribution in [-0.2, 0) is 22.1 Å². The molecular formula is C23H21F2NO3S. The molecule has 0 aromatic heterocycles. The highest BCUT2D eigenvalue weighted by atomic mass is 32.2. The van der Waals surface area contributed by atoms with Gasteiger partial charge in [-0.3, -0.25) is 4.79 Å². The van der Waals surface area contributed by atoms with Crippen molar-refractivity contribution < 1.29 is 22.0 Å². The van der Waals surface area contributed by atoms with Gasteiger partial charge in [0, 0.05) is 23.9 Å². The molecule has 0 saturated carbocycles. The van der Waals surface area contributed by atoms with Crippen molar-refractivity contribution >= 4 is 15.7 Å². The number of nitrogens with one attached hydrogen (secondary N) is 1. The summed E-state index contributed by atoms with van der Waals surface area (Å²) >= 11 is 0. The second-order valence-corrected chi connectivity index (χ2v) is 9.36. The van der Waals surface area contributed by atoms with Gasteiger partial charge in [0.1, 0.15) is 11.6 Å². The Labute approximate surface area is 174 Å². The van der Waals surface area contributed by atoms with Gasteiger partial charge < -0.3 is 5.32 Å². The minimum absolute atomic E-state index is 0.0429. The van der Waals surface area contributed by atoms with E-state index in [1.165, 1.54) is 36.6 Å². The van der Waals surface area contributed by atoms with Gasteiger partial charge in [0.15, 0.2) is 9.84 Å². The van der Waals surface area contributed by atoms with Crippen LogP contribution in [0.3, 0.4) is 0 Å². The molecule has 0 heterocycles. The first-order valence-electron chi connectivity index (χ1n) is 9.22. The Morgan fingerprint density at radius 3 is 2.13 bits per heavy atom. The van der Waals surface area contributed by atoms with Crippen LogP contribution in [0.25, 0.3) is 11.1 Å². The van der Waals surface area contributed by atoms with Crippen LogP contribution in [0.15, 0.2) is 60.7 Å². The summed E-state index contributed by atoms with van der Waals surface area (Å²) in [5, 5.41) is 2.71. The second kappa shape index (κ2) is 8.75. The molecule has 3 rings (SSSR count). The maximum Gasteiger partial charge on any atom is 0.251 e. The maximum atomic E-state index is 14.6. The van der Waals surface area contributed by atoms with Gasteiger partial charge >= 0.3 is 0 Å². The zero-order valence-corrected chi connectivity index (χ0v) is 17.4. The smallest absolute Gasteiger partial charge is 0.251 e. The number of hydrogen-bond acceptors (Lipinski definition) is 3. The number of benzene rings is 3. The molecule has 3 aromatic rings. The van der Waals surface area contributed by atoms with E-state index in [1.807, 2.05) is 0 Å². The average Bonchev–Trinajstić information content (AvgIpc) is 2.66. The number of rotatable bonds is 6. The molecule has 0 atom stereocenters. The summed E-state index contributed by atoms with van der Waals surface area (Å²) in [6, 6.07) is 15.2. The van der Waals surface area contributed by atoms with Crippen molar-refractivity contribution in [3.8, 4) is 11.1 Å². The van der Waals surface area contributed by atoms with Crippen LogP contribution in [0.1, 0.15) is 27.0 Å². The molecule has 0 saturated heterocycles. The topological polar surface area (TPSA) is 63.2 Å². The molecule has 1 amide bonds. The van der Waals surface area contributed by atoms with E-state index < -0.39 is 27.4 Å². The Bertz CT molecular complexity index is 1190. The molecule has 0 spiro atoms. The standard InChI is InChI=1S/C23H21F2NO3S/c1-15-11-19(24)8-10-20(15)21-9-7-18(12-22(21)25)23(27)26-13-16-3-5-17(6-4-16)14-30(2,28)29/h3-12H,13-14H2,1-2H3,(H,26,27). The third kappa shape index (κ3) is 5.51. The Morgan fingerprint density at radius 1 is 0.900 bits per heavy atom. The maximum absolute atomic E-state index is 14.6. The monoisotopic (exact) mass is 429 g/mol. The minimum atomic E-state index is -3.11. The molecular weight excluding hydrogens is 408 g/mol. The van der Waals surface area contributed by atoms with Gasteiger partial charge in [0.2, 0.25) is 0 Å². The first kappa shape index (κ1) is 21.6. The van der Waals surface area contributed by atoms with Crippen LogP contribution >= 0.6 is 0 Å². The molecule has 3 aromatic carbocycles. The Morgan fingerprint density at radius 2 is 1.53 bits per heavy atom. The van der Waals surface area contributed by atoms with Crippen LogP contribution in [0.4, 0.5) is 8.78 Å². The number of aryl methyl sites for hydroxylation is 1. The normalized spacial score (nSPS) is 11.3. The van der Waals surface area contributed by atoms with Gasteiger partial charge in [-0.25, -0.2) is 17.2 Å². The number of amides is 1. The molecule has 1 N–H and O–H groups in total. The third-order valence-electron chi connectivity index (χ3n) is 4.61. The lowest BCUT2D eigenvalue weighted by atomic mass is 9.98. The summed E-state index contributed by atoms with van der Waals surface area (Å²) in [6.45, 7) is 1.91. The Hall–Kier alpha value is -3.06. The molecule has 7 heteroatoms. The predicted octanol–water partition coefficient (Wildman–Crippen LogP) is 4.41. The van der Waals surface area contributed by atoms with Gasteiger partial charge in [-0.2, -0.15) is 0 Å². The van der Waals surface area contributed by atoms with E-state index in [9.17, 15) is 22.0 Å². The SMILES string of the molecule is Cc1cc(F)ccc1-c1ccc(C(=O)NCc2ccc(CS(C)(=O)=O)cc2)cc1F. The zero-order chi connectivity index (χ0) is 21.9. The van der Waals surface area contributed by atoms with Crippen molar-refractivity contribution in [3.05, 3.63) is 94.6 Å². The second-order valence-electron chi connectivity index (χ2n) is 7.22. The van der Waals surface area contributed by atoms with Gasteiger partial charge in [-0.1, -0.05) is 36.4 Å². The van der Waals surface area contributed by atoms with E-state index in [1.54, 1.807) is 31.2 Å². The van der Waals surface area contributed by atoms with Gasteiger partial charge in [-0.05, 0) is 53.4 Å². The quantitative estimate of drug-likeness (QED) is 0.631. The van der Waals surface area contributed by atoms with Crippen molar-refractivity contribution in [2.75, 3.05) is 6.26 Å². The largest absolute Gasteiger partial charge is 0.348 e. The zero-order valence-electron chi connectivity index (χ0n) is 16.6. The molecule has 4 nitrogen and oxygen atoms in total. The Balaban J connectivity index is 1.68. The van der Waals surface area contributed by atoms with Crippen LogP contribution < -0.4 is 5.32 Å². The molecule has 0 radical (unpaired) electrons. The lowest BCUT2D eigenvalue weighted by Crippen LogP contribution is -2.23. The number of hydrogen-bond donors (Lipinski definition) is 1. The van der Waals surface area contributed by atoms with Gasteiger partial charge in [-0.15, -0.1) is 0 Å². The molecule has 0 aliphatic rings. The molecule has 0 unspecified atom stereocenters. The summed E-state index contributed by atoms with van der Waals surface area (Å²) in [5.74, 6) is -1.44. The summed E-state index contributed by atoms with van der Waals surface area (Å²) in [7, 11) is -3.11. The fraction of sp³-hybridized carbons (Fsp3) is 0.174. The Kier molecular flexibility index (Phi) is 6.31. The fourth-order valence-electron chi connectivity index (χ4n) is 3.14. The number of halogens is 2. The van der Waals surface area contributed by atoms with Crippen LogP contribution in [0.5, 0.6) is 0 Å². The average molecular weight is 429 g/mol. The molecule has 0 bridgehead atoms. The first-order valence-corrected chi connectivity index (χ1v) is 11.3. The lowest BCUT2D eigenvalue weighted by Gasteiger charge is -2.10. The van der Waals surface area contributed by atoms with Crippen LogP contribution in [-0.4, -0.2) is 20.6 Å². The van der Waals surface area contributed by atoms with Crippen LogP contribution in [0.2, 0.25) is 0 Å². The minimum Gasteiger partial charge on any atom is -0.348 e. The first-order chi connectivity index (χ1) is 14.1. The van der Waals surface area contributed by atoms with Crippen molar-refractivity contribution in [2.24, 2.45) is 0 Å². The van der Waals surface area contributed by atoms with Gasteiger partial charge in [0.25, 0.3) is 5.91 Å². The molecule has 0 fully saturated rings. The van der Waals surface area contributed by atoms with E-state index >= 15 is 0 Å². The fourth-order valence-corrected chi connectivity index (χ4v) is 3.94. The highest BCUT2D eigenvalue weighted by molar-refractivity contribution is 7.89. The number of carbonyl (C=O) groups excluding carboxylic acids is 1. The number of carbonyl (C=O) groups is 1. The van der Waals surface area contributed by atoms with Crippen molar-refractivity contribution in [1.82, 2.24) is 5.32 Å². The summed E-state index contributed by atoms with van der Waals surface area (Å²) in [5.41, 5.74) is 3.09. The molecule has 30 heavy (non-hydrogen) atoms. The summed E-state index contributed by atoms with van der Waals surface area (Å²) in [4.78, 5) is 12.4. The summed E-state index contributed by atoms with van der Waals surface area (Å²) in [6.07, 6.45) is 1.17. The summed E-state index contributed by atoms with van der Waals surface area (Å²) < 4.78 is 50.5. The van der Waals surface area contributed by atoms with E-state index in [0.29, 0.717) is 22.3 Å². The van der Waals surface area contributed by atoms with E-state index in [-0.39, 0.29) is 17.9 Å². The molecule has 0 aliphatic carbocycles. The van der Waals surface area contributed by atoms with Crippen LogP contribution in [0, 0.1) is 18.6 Å². The van der Waals surface area contributed by atoms with E-state index in [4.69, 9.17) is 0 Å². The predicted molar refractivity (Wildman–Crippen MR) is 113 cm³/mol. The van der Waals surface area contributed by atoms with Gasteiger partial charge in [0.05, 0.1) is 5.75 Å². The number of sulfone groups is 1. The van der Waals surface area contributed by atoms with E-state index in [0.717, 1.165) is 11.6 Å². The highest BCUT2D eigenvalue weighted by Crippen LogP contribution is 2.27. The van der Waals surface area contributed by atoms with Crippen molar-refractivity contribution in [3.63, 3.8) is 0 Å².